The van der Waals surface area contributed by atoms with Gasteiger partial charge >= 0.3 is 169 Å². The molecule has 0 spiro atoms. The SMILES string of the molecule is CCCCCCCC[Te](CCCCCCCC)CCCCCCCC. The molecule has 0 aliphatic rings. The third-order valence-corrected chi connectivity index (χ3v) is 12.8. The number of rotatable bonds is 21. The summed E-state index contributed by atoms with van der Waals surface area (Å²) < 4.78 is 5.08. The molecule has 0 fully saturated rings. The van der Waals surface area contributed by atoms with Crippen molar-refractivity contribution < 1.29 is 0 Å². The molecule has 0 nitrogen and oxygen atoms in total. The van der Waals surface area contributed by atoms with Crippen LogP contribution in [0, 0.1) is 0 Å². The molecule has 0 aromatic rings. The van der Waals surface area contributed by atoms with Gasteiger partial charge in [0.15, 0.2) is 0 Å². The monoisotopic (exact) mass is 469 g/mol. The van der Waals surface area contributed by atoms with E-state index >= 15 is 0 Å². The molecular weight excluding hydrogens is 416 g/mol. The van der Waals surface area contributed by atoms with E-state index in [9.17, 15) is 0 Å². The van der Waals surface area contributed by atoms with E-state index < -0.39 is 19.6 Å². The van der Waals surface area contributed by atoms with Crippen molar-refractivity contribution in [1.29, 1.82) is 0 Å². The van der Waals surface area contributed by atoms with Crippen LogP contribution in [0.3, 0.4) is 0 Å². The predicted octanol–water partition coefficient (Wildman–Crippen LogP) is 9.56. The molecular formula is C24H51Te. The molecule has 0 aromatic heterocycles. The molecule has 153 valence electrons. The molecule has 0 rings (SSSR count). The van der Waals surface area contributed by atoms with Gasteiger partial charge in [-0.3, -0.25) is 0 Å². The first-order valence-corrected chi connectivity index (χ1v) is 16.9. The van der Waals surface area contributed by atoms with Gasteiger partial charge in [0.2, 0.25) is 0 Å². The van der Waals surface area contributed by atoms with E-state index in [1.165, 1.54) is 96.3 Å². The summed E-state index contributed by atoms with van der Waals surface area (Å²) in [5.74, 6) is 0. The standard InChI is InChI=1S/C24H51Te/c1-4-7-10-13-16-19-22-25(23-20-17-14-11-8-5-2)24-21-18-15-12-9-6-3/h4-24H2,1-3H3. The van der Waals surface area contributed by atoms with Gasteiger partial charge in [-0.2, -0.15) is 0 Å². The Morgan fingerprint density at radius 1 is 0.320 bits per heavy atom. The molecule has 0 unspecified atom stereocenters. The van der Waals surface area contributed by atoms with Gasteiger partial charge in [-0.25, -0.2) is 0 Å². The summed E-state index contributed by atoms with van der Waals surface area (Å²) in [6, 6.07) is 0. The van der Waals surface area contributed by atoms with E-state index in [-0.39, 0.29) is 0 Å². The van der Waals surface area contributed by atoms with Crippen LogP contribution in [-0.4, -0.2) is 19.6 Å². The third-order valence-electron chi connectivity index (χ3n) is 5.36. The summed E-state index contributed by atoms with van der Waals surface area (Å²) in [6.07, 6.45) is 26.8. The zero-order valence-electron chi connectivity index (χ0n) is 18.3. The van der Waals surface area contributed by atoms with Crippen LogP contribution in [0.15, 0.2) is 0 Å². The molecule has 0 N–H and O–H groups in total. The van der Waals surface area contributed by atoms with Gasteiger partial charge in [0.1, 0.15) is 0 Å². The van der Waals surface area contributed by atoms with Crippen LogP contribution >= 0.6 is 0 Å². The summed E-state index contributed by atoms with van der Waals surface area (Å²) >= 11 is -0.736. The minimum absolute atomic E-state index is 0.736. The van der Waals surface area contributed by atoms with Crippen LogP contribution in [0.5, 0.6) is 0 Å². The normalized spacial score (nSPS) is 11.5. The zero-order chi connectivity index (χ0) is 18.4. The maximum atomic E-state index is 2.32. The molecule has 0 saturated heterocycles. The average molecular weight is 467 g/mol. The van der Waals surface area contributed by atoms with Crippen LogP contribution in [0.2, 0.25) is 13.4 Å². The van der Waals surface area contributed by atoms with Crippen molar-refractivity contribution in [2.24, 2.45) is 0 Å². The Balaban J connectivity index is 3.76. The molecule has 0 amide bonds. The molecule has 25 heavy (non-hydrogen) atoms. The number of hydrogen-bond donors (Lipinski definition) is 0. The summed E-state index contributed by atoms with van der Waals surface area (Å²) in [5, 5.41) is 0. The Kier molecular flexibility index (Phi) is 23.6. The molecule has 0 saturated carbocycles. The van der Waals surface area contributed by atoms with E-state index in [4.69, 9.17) is 0 Å². The van der Waals surface area contributed by atoms with Crippen molar-refractivity contribution in [3.05, 3.63) is 0 Å². The quantitative estimate of drug-likeness (QED) is 0.117. The average Bonchev–Trinajstić information content (AvgIpc) is 2.63. The fourth-order valence-corrected chi connectivity index (χ4v) is 10.6. The van der Waals surface area contributed by atoms with Gasteiger partial charge < -0.3 is 0 Å². The van der Waals surface area contributed by atoms with Gasteiger partial charge in [0, 0.05) is 0 Å². The van der Waals surface area contributed by atoms with Gasteiger partial charge in [-0.05, 0) is 0 Å². The summed E-state index contributed by atoms with van der Waals surface area (Å²) in [6.45, 7) is 6.97. The topological polar surface area (TPSA) is 0 Å². The van der Waals surface area contributed by atoms with Crippen molar-refractivity contribution in [3.63, 3.8) is 0 Å². The second-order valence-electron chi connectivity index (χ2n) is 8.03. The van der Waals surface area contributed by atoms with Crippen LogP contribution < -0.4 is 0 Å². The molecule has 0 bridgehead atoms. The summed E-state index contributed by atoms with van der Waals surface area (Å²) in [4.78, 5) is 0. The van der Waals surface area contributed by atoms with Crippen LogP contribution in [0.25, 0.3) is 0 Å². The van der Waals surface area contributed by atoms with Crippen LogP contribution in [0.1, 0.15) is 136 Å². The summed E-state index contributed by atoms with van der Waals surface area (Å²) in [5.41, 5.74) is 0. The van der Waals surface area contributed by atoms with Crippen molar-refractivity contribution in [1.82, 2.24) is 0 Å². The molecule has 0 heterocycles. The van der Waals surface area contributed by atoms with E-state index in [0.717, 1.165) is 0 Å². The number of unbranched alkanes of at least 4 members (excludes halogenated alkanes) is 15. The van der Waals surface area contributed by atoms with Crippen molar-refractivity contribution in [3.8, 4) is 0 Å². The van der Waals surface area contributed by atoms with Crippen molar-refractivity contribution in [2.75, 3.05) is 0 Å². The fraction of sp³-hybridized carbons (Fsp3) is 1.00. The molecule has 0 aromatic carbocycles. The van der Waals surface area contributed by atoms with Gasteiger partial charge in [0.05, 0.1) is 0 Å². The second-order valence-corrected chi connectivity index (χ2v) is 15.0. The molecule has 1 heteroatoms. The van der Waals surface area contributed by atoms with E-state index in [2.05, 4.69) is 20.8 Å². The number of hydrogen-bond acceptors (Lipinski definition) is 0. The first kappa shape index (κ1) is 25.8. The van der Waals surface area contributed by atoms with E-state index in [1.54, 1.807) is 32.7 Å². The Labute approximate surface area is 169 Å². The van der Waals surface area contributed by atoms with Crippen LogP contribution in [-0.2, 0) is 0 Å². The minimum atomic E-state index is -0.736. The van der Waals surface area contributed by atoms with Gasteiger partial charge in [-0.1, -0.05) is 0 Å². The molecule has 1 radical (unpaired) electrons. The third kappa shape index (κ3) is 21.0. The Morgan fingerprint density at radius 2 is 0.560 bits per heavy atom. The predicted molar refractivity (Wildman–Crippen MR) is 120 cm³/mol. The Hall–Kier alpha value is 0.790. The van der Waals surface area contributed by atoms with Gasteiger partial charge in [0.25, 0.3) is 0 Å². The Bertz CT molecular complexity index is 188. The second kappa shape index (κ2) is 22.8. The van der Waals surface area contributed by atoms with Crippen molar-refractivity contribution >= 4 is 19.6 Å². The van der Waals surface area contributed by atoms with E-state index in [0.29, 0.717) is 0 Å². The summed E-state index contributed by atoms with van der Waals surface area (Å²) in [7, 11) is 0. The first-order valence-electron chi connectivity index (χ1n) is 12.0. The fourth-order valence-electron chi connectivity index (χ4n) is 3.57. The molecule has 0 aliphatic heterocycles. The van der Waals surface area contributed by atoms with Gasteiger partial charge in [-0.15, -0.1) is 0 Å². The Morgan fingerprint density at radius 3 is 0.840 bits per heavy atom. The van der Waals surface area contributed by atoms with Crippen LogP contribution in [0.4, 0.5) is 0 Å². The maximum absolute atomic E-state index is 2.32. The van der Waals surface area contributed by atoms with E-state index in [1.807, 2.05) is 0 Å². The van der Waals surface area contributed by atoms with Crippen molar-refractivity contribution in [2.45, 2.75) is 150 Å². The first-order chi connectivity index (χ1) is 12.3. The molecule has 0 aliphatic carbocycles. The molecule has 0 atom stereocenters. The zero-order valence-corrected chi connectivity index (χ0v) is 20.6.